The minimum absolute atomic E-state index is 0.191. The molecule has 1 aliphatic carbocycles. The van der Waals surface area contributed by atoms with Crippen LogP contribution in [0.1, 0.15) is 42.5 Å². The lowest BCUT2D eigenvalue weighted by atomic mass is 9.72. The summed E-state index contributed by atoms with van der Waals surface area (Å²) in [5.41, 5.74) is 12.4. The summed E-state index contributed by atoms with van der Waals surface area (Å²) in [5, 5.41) is 0. The zero-order chi connectivity index (χ0) is 15.0. The van der Waals surface area contributed by atoms with Crippen LogP contribution in [0, 0.1) is 0 Å². The molecule has 2 aromatic rings. The van der Waals surface area contributed by atoms with E-state index in [2.05, 4.69) is 78.3 Å². The van der Waals surface area contributed by atoms with Crippen molar-refractivity contribution in [2.24, 2.45) is 5.73 Å². The summed E-state index contributed by atoms with van der Waals surface area (Å²) in [5.74, 6) is 0. The molecule has 0 fully saturated rings. The Morgan fingerprint density at radius 1 is 1.10 bits per heavy atom. The quantitative estimate of drug-likeness (QED) is 0.815. The number of benzene rings is 2. The Kier molecular flexibility index (Phi) is 3.76. The average Bonchev–Trinajstić information content (AvgIpc) is 2.47. The zero-order valence-corrected chi connectivity index (χ0v) is 14.1. The summed E-state index contributed by atoms with van der Waals surface area (Å²) in [6.07, 6.45) is 3.43. The predicted molar refractivity (Wildman–Crippen MR) is 93.2 cm³/mol. The third-order valence-electron chi connectivity index (χ3n) is 4.32. The molecule has 2 N–H and O–H groups in total. The lowest BCUT2D eigenvalue weighted by Crippen LogP contribution is -2.21. The summed E-state index contributed by atoms with van der Waals surface area (Å²) in [4.78, 5) is 0. The summed E-state index contributed by atoms with van der Waals surface area (Å²) in [7, 11) is 0. The van der Waals surface area contributed by atoms with E-state index in [0.717, 1.165) is 10.9 Å². The molecule has 21 heavy (non-hydrogen) atoms. The van der Waals surface area contributed by atoms with E-state index in [1.165, 1.54) is 27.8 Å². The maximum Gasteiger partial charge on any atom is 0.0181 e. The molecule has 0 saturated heterocycles. The molecule has 0 spiro atoms. The Labute approximate surface area is 135 Å². The normalized spacial score (nSPS) is 16.3. The van der Waals surface area contributed by atoms with Gasteiger partial charge in [-0.3, -0.25) is 0 Å². The minimum Gasteiger partial charge on any atom is -0.326 e. The molecule has 0 atom stereocenters. The minimum atomic E-state index is 0.191. The van der Waals surface area contributed by atoms with Gasteiger partial charge in [-0.05, 0) is 51.8 Å². The van der Waals surface area contributed by atoms with E-state index < -0.39 is 0 Å². The van der Waals surface area contributed by atoms with Gasteiger partial charge in [-0.15, -0.1) is 0 Å². The molecule has 2 aromatic carbocycles. The largest absolute Gasteiger partial charge is 0.326 e. The number of fused-ring (bicyclic) bond motifs is 1. The van der Waals surface area contributed by atoms with Crippen LogP contribution < -0.4 is 5.73 Å². The molecule has 0 aliphatic heterocycles. The van der Waals surface area contributed by atoms with Gasteiger partial charge in [0.2, 0.25) is 0 Å². The van der Waals surface area contributed by atoms with E-state index in [-0.39, 0.29) is 5.41 Å². The smallest absolute Gasteiger partial charge is 0.0181 e. The first-order chi connectivity index (χ1) is 10.0. The Morgan fingerprint density at radius 2 is 1.81 bits per heavy atom. The van der Waals surface area contributed by atoms with E-state index in [9.17, 15) is 0 Å². The van der Waals surface area contributed by atoms with Gasteiger partial charge < -0.3 is 5.73 Å². The third kappa shape index (κ3) is 2.70. The number of halogens is 1. The molecule has 1 nitrogen and oxygen atoms in total. The summed E-state index contributed by atoms with van der Waals surface area (Å²) >= 11 is 3.61. The van der Waals surface area contributed by atoms with Gasteiger partial charge in [0.05, 0.1) is 0 Å². The van der Waals surface area contributed by atoms with E-state index in [4.69, 9.17) is 5.73 Å². The van der Waals surface area contributed by atoms with Crippen LogP contribution in [-0.4, -0.2) is 0 Å². The van der Waals surface area contributed by atoms with Gasteiger partial charge in [-0.1, -0.05) is 66.2 Å². The Hall–Kier alpha value is -1.38. The van der Waals surface area contributed by atoms with Crippen LogP contribution in [0.2, 0.25) is 0 Å². The van der Waals surface area contributed by atoms with Crippen molar-refractivity contribution in [3.8, 4) is 0 Å². The third-order valence-corrected chi connectivity index (χ3v) is 4.81. The molecule has 2 heteroatoms. The molecule has 0 bridgehead atoms. The van der Waals surface area contributed by atoms with Crippen LogP contribution in [0.3, 0.4) is 0 Å². The SMILES string of the molecule is CC1(C)CC=C(c2ccc(CN)cc2)c2cc(Br)ccc21. The fourth-order valence-corrected chi connectivity index (χ4v) is 3.36. The first kappa shape index (κ1) is 14.6. The van der Waals surface area contributed by atoms with Crippen molar-refractivity contribution in [2.75, 3.05) is 0 Å². The van der Waals surface area contributed by atoms with Crippen molar-refractivity contribution in [1.29, 1.82) is 0 Å². The highest BCUT2D eigenvalue weighted by Crippen LogP contribution is 2.42. The van der Waals surface area contributed by atoms with Crippen molar-refractivity contribution >= 4 is 21.5 Å². The van der Waals surface area contributed by atoms with E-state index in [1.807, 2.05) is 0 Å². The second kappa shape index (κ2) is 5.43. The van der Waals surface area contributed by atoms with Crippen molar-refractivity contribution in [3.05, 3.63) is 75.3 Å². The highest BCUT2D eigenvalue weighted by molar-refractivity contribution is 9.10. The molecule has 0 heterocycles. The lowest BCUT2D eigenvalue weighted by molar-refractivity contribution is 0.527. The van der Waals surface area contributed by atoms with Crippen LogP contribution in [-0.2, 0) is 12.0 Å². The summed E-state index contributed by atoms with van der Waals surface area (Å²) in [6, 6.07) is 15.2. The van der Waals surface area contributed by atoms with Gasteiger partial charge in [0.1, 0.15) is 0 Å². The molecular formula is C19H20BrN. The van der Waals surface area contributed by atoms with Crippen LogP contribution in [0.25, 0.3) is 5.57 Å². The van der Waals surface area contributed by atoms with E-state index in [1.54, 1.807) is 0 Å². The van der Waals surface area contributed by atoms with Crippen molar-refractivity contribution in [3.63, 3.8) is 0 Å². The number of nitrogens with two attached hydrogens (primary N) is 1. The number of allylic oxidation sites excluding steroid dienone is 1. The number of rotatable bonds is 2. The highest BCUT2D eigenvalue weighted by Gasteiger charge is 2.28. The van der Waals surface area contributed by atoms with Crippen molar-refractivity contribution < 1.29 is 0 Å². The number of hydrogen-bond donors (Lipinski definition) is 1. The van der Waals surface area contributed by atoms with Crippen molar-refractivity contribution in [1.82, 2.24) is 0 Å². The number of hydrogen-bond acceptors (Lipinski definition) is 1. The van der Waals surface area contributed by atoms with Crippen LogP contribution in [0.15, 0.2) is 53.0 Å². The first-order valence-corrected chi connectivity index (χ1v) is 8.10. The Bertz CT molecular complexity index is 696. The molecule has 0 unspecified atom stereocenters. The average molecular weight is 342 g/mol. The fourth-order valence-electron chi connectivity index (χ4n) is 3.00. The van der Waals surface area contributed by atoms with Crippen LogP contribution >= 0.6 is 15.9 Å². The standard InChI is InChI=1S/C19H20BrN/c1-19(2)10-9-16(14-5-3-13(12-21)4-6-14)17-11-15(20)7-8-18(17)19/h3-9,11H,10,12,21H2,1-2H3. The zero-order valence-electron chi connectivity index (χ0n) is 12.5. The van der Waals surface area contributed by atoms with Gasteiger partial charge in [0.15, 0.2) is 0 Å². The second-order valence-electron chi connectivity index (χ2n) is 6.30. The Balaban J connectivity index is 2.12. The van der Waals surface area contributed by atoms with Gasteiger partial charge in [-0.25, -0.2) is 0 Å². The molecule has 3 rings (SSSR count). The molecule has 0 amide bonds. The van der Waals surface area contributed by atoms with Crippen LogP contribution in [0.4, 0.5) is 0 Å². The van der Waals surface area contributed by atoms with Gasteiger partial charge in [-0.2, -0.15) is 0 Å². The topological polar surface area (TPSA) is 26.0 Å². The van der Waals surface area contributed by atoms with E-state index in [0.29, 0.717) is 6.54 Å². The summed E-state index contributed by atoms with van der Waals surface area (Å²) < 4.78 is 1.13. The maximum absolute atomic E-state index is 5.69. The fraction of sp³-hybridized carbons (Fsp3) is 0.263. The van der Waals surface area contributed by atoms with Crippen LogP contribution in [0.5, 0.6) is 0 Å². The predicted octanol–water partition coefficient (Wildman–Crippen LogP) is 5.02. The maximum atomic E-state index is 5.69. The molecular weight excluding hydrogens is 322 g/mol. The monoisotopic (exact) mass is 341 g/mol. The Morgan fingerprint density at radius 3 is 2.48 bits per heavy atom. The lowest BCUT2D eigenvalue weighted by Gasteiger charge is -2.32. The van der Waals surface area contributed by atoms with E-state index >= 15 is 0 Å². The van der Waals surface area contributed by atoms with Gasteiger partial charge in [0.25, 0.3) is 0 Å². The highest BCUT2D eigenvalue weighted by atomic mass is 79.9. The molecule has 0 radical (unpaired) electrons. The second-order valence-corrected chi connectivity index (χ2v) is 7.21. The summed E-state index contributed by atoms with van der Waals surface area (Å²) in [6.45, 7) is 5.21. The van der Waals surface area contributed by atoms with Gasteiger partial charge in [0, 0.05) is 11.0 Å². The molecule has 1 aliphatic rings. The molecule has 108 valence electrons. The van der Waals surface area contributed by atoms with Gasteiger partial charge >= 0.3 is 0 Å². The molecule has 0 saturated carbocycles. The van der Waals surface area contributed by atoms with Crippen molar-refractivity contribution in [2.45, 2.75) is 32.2 Å². The first-order valence-electron chi connectivity index (χ1n) is 7.31. The molecule has 0 aromatic heterocycles.